The van der Waals surface area contributed by atoms with Gasteiger partial charge in [-0.2, -0.15) is 0 Å². The van der Waals surface area contributed by atoms with E-state index in [4.69, 9.17) is 16.4 Å². The second-order valence-electron chi connectivity index (χ2n) is 6.54. The molecule has 0 atom stereocenters. The summed E-state index contributed by atoms with van der Waals surface area (Å²) in [6.45, 7) is 7.12. The number of rotatable bonds is 8. The summed E-state index contributed by atoms with van der Waals surface area (Å²) in [6.07, 6.45) is 2.85. The number of hydrogen-bond acceptors (Lipinski definition) is 4. The van der Waals surface area contributed by atoms with Gasteiger partial charge in [0.15, 0.2) is 0 Å². The van der Waals surface area contributed by atoms with E-state index in [0.717, 1.165) is 56.3 Å². The van der Waals surface area contributed by atoms with E-state index in [1.165, 1.54) is 5.56 Å². The van der Waals surface area contributed by atoms with Crippen LogP contribution in [-0.4, -0.2) is 61.9 Å². The largest absolute Gasteiger partial charge is 0.394 e. The molecule has 0 unspecified atom stereocenters. The Bertz CT molecular complexity index is 667. The van der Waals surface area contributed by atoms with Gasteiger partial charge in [-0.1, -0.05) is 59.2 Å². The van der Waals surface area contributed by atoms with Gasteiger partial charge in [-0.3, -0.25) is 4.90 Å². The molecule has 0 bridgehead atoms. The molecule has 26 heavy (non-hydrogen) atoms. The minimum atomic E-state index is 0.619. The number of nitrogens with zero attached hydrogens (tertiary/aromatic N) is 3. The second-order valence-corrected chi connectivity index (χ2v) is 6.97. The van der Waals surface area contributed by atoms with Crippen molar-refractivity contribution in [1.29, 1.82) is 0 Å². The highest BCUT2D eigenvalue weighted by molar-refractivity contribution is 6.30. The fourth-order valence-electron chi connectivity index (χ4n) is 3.04. The Kier molecular flexibility index (Phi) is 7.50. The van der Waals surface area contributed by atoms with Crippen LogP contribution in [0.25, 0.3) is 0 Å². The zero-order valence-electron chi connectivity index (χ0n) is 15.1. The van der Waals surface area contributed by atoms with Gasteiger partial charge in [-0.05, 0) is 29.7 Å². The SMILES string of the molecule is Clc1ccc(/C=N/OCCN2CCN(CCc3ccccc3)CC2)cc1. The standard InChI is InChI=1S/C21H26ClN3O/c22-21-8-6-20(7-9-21)18-23-26-17-16-25-14-12-24(13-15-25)11-10-19-4-2-1-3-5-19/h1-9,18H,10-17H2/b23-18+. The monoisotopic (exact) mass is 371 g/mol. The van der Waals surface area contributed by atoms with E-state index in [2.05, 4.69) is 45.3 Å². The van der Waals surface area contributed by atoms with E-state index in [9.17, 15) is 0 Å². The van der Waals surface area contributed by atoms with E-state index >= 15 is 0 Å². The molecule has 1 aliphatic heterocycles. The van der Waals surface area contributed by atoms with Crippen LogP contribution in [0.1, 0.15) is 11.1 Å². The molecule has 0 saturated carbocycles. The van der Waals surface area contributed by atoms with Crippen molar-refractivity contribution in [2.75, 3.05) is 45.9 Å². The van der Waals surface area contributed by atoms with Crippen molar-refractivity contribution in [3.8, 4) is 0 Å². The molecule has 3 rings (SSSR count). The van der Waals surface area contributed by atoms with Gasteiger partial charge in [-0.25, -0.2) is 0 Å². The van der Waals surface area contributed by atoms with Crippen LogP contribution in [0.5, 0.6) is 0 Å². The third-order valence-electron chi connectivity index (χ3n) is 4.67. The normalized spacial score (nSPS) is 16.2. The average Bonchev–Trinajstić information content (AvgIpc) is 2.69. The van der Waals surface area contributed by atoms with E-state index < -0.39 is 0 Å². The summed E-state index contributed by atoms with van der Waals surface area (Å²) < 4.78 is 0. The molecule has 0 N–H and O–H groups in total. The van der Waals surface area contributed by atoms with Crippen LogP contribution in [0, 0.1) is 0 Å². The van der Waals surface area contributed by atoms with Crippen LogP contribution in [0.3, 0.4) is 0 Å². The number of halogens is 1. The van der Waals surface area contributed by atoms with Crippen LogP contribution in [0.15, 0.2) is 59.8 Å². The first-order valence-electron chi connectivity index (χ1n) is 9.19. The average molecular weight is 372 g/mol. The molecule has 1 heterocycles. The molecule has 0 amide bonds. The summed E-state index contributed by atoms with van der Waals surface area (Å²) >= 11 is 5.86. The van der Waals surface area contributed by atoms with Crippen LogP contribution < -0.4 is 0 Å². The topological polar surface area (TPSA) is 28.1 Å². The molecular weight excluding hydrogens is 346 g/mol. The summed E-state index contributed by atoms with van der Waals surface area (Å²) in [4.78, 5) is 10.4. The fourth-order valence-corrected chi connectivity index (χ4v) is 3.16. The summed E-state index contributed by atoms with van der Waals surface area (Å²) in [5, 5.41) is 4.76. The van der Waals surface area contributed by atoms with Gasteiger partial charge in [0.05, 0.1) is 6.21 Å². The Hall–Kier alpha value is -1.88. The molecule has 2 aromatic carbocycles. The van der Waals surface area contributed by atoms with Crippen LogP contribution in [-0.2, 0) is 11.3 Å². The van der Waals surface area contributed by atoms with Crippen molar-refractivity contribution in [2.24, 2.45) is 5.16 Å². The van der Waals surface area contributed by atoms with E-state index in [-0.39, 0.29) is 0 Å². The quantitative estimate of drug-likeness (QED) is 0.403. The smallest absolute Gasteiger partial charge is 0.129 e. The first-order chi connectivity index (χ1) is 12.8. The summed E-state index contributed by atoms with van der Waals surface area (Å²) in [5.74, 6) is 0. The zero-order chi connectivity index (χ0) is 18.0. The van der Waals surface area contributed by atoms with Crippen molar-refractivity contribution in [3.63, 3.8) is 0 Å². The summed E-state index contributed by atoms with van der Waals surface area (Å²) in [5.41, 5.74) is 2.41. The predicted octanol–water partition coefficient (Wildman–Crippen LogP) is 3.55. The fraction of sp³-hybridized carbons (Fsp3) is 0.381. The first kappa shape index (κ1) is 18.9. The van der Waals surface area contributed by atoms with Crippen LogP contribution in [0.4, 0.5) is 0 Å². The van der Waals surface area contributed by atoms with Crippen molar-refractivity contribution in [1.82, 2.24) is 9.80 Å². The van der Waals surface area contributed by atoms with E-state index in [0.29, 0.717) is 6.61 Å². The van der Waals surface area contributed by atoms with Crippen LogP contribution in [0.2, 0.25) is 5.02 Å². The third-order valence-corrected chi connectivity index (χ3v) is 4.92. The molecule has 5 heteroatoms. The lowest BCUT2D eigenvalue weighted by atomic mass is 10.1. The van der Waals surface area contributed by atoms with Gasteiger partial charge in [-0.15, -0.1) is 0 Å². The molecule has 4 nitrogen and oxygen atoms in total. The van der Waals surface area contributed by atoms with Crippen molar-refractivity contribution < 1.29 is 4.84 Å². The maximum absolute atomic E-state index is 5.86. The minimum absolute atomic E-state index is 0.619. The number of oxime groups is 1. The van der Waals surface area contributed by atoms with Gasteiger partial charge in [0.2, 0.25) is 0 Å². The molecule has 1 saturated heterocycles. The van der Waals surface area contributed by atoms with E-state index in [1.807, 2.05) is 24.3 Å². The van der Waals surface area contributed by atoms with Gasteiger partial charge < -0.3 is 9.74 Å². The van der Waals surface area contributed by atoms with Gasteiger partial charge in [0, 0.05) is 44.3 Å². The van der Waals surface area contributed by atoms with Crippen LogP contribution >= 0.6 is 11.6 Å². The molecule has 0 spiro atoms. The maximum Gasteiger partial charge on any atom is 0.129 e. The molecule has 138 valence electrons. The lowest BCUT2D eigenvalue weighted by molar-refractivity contribution is 0.0800. The molecule has 0 aromatic heterocycles. The van der Waals surface area contributed by atoms with Crippen molar-refractivity contribution in [2.45, 2.75) is 6.42 Å². The molecule has 0 aliphatic carbocycles. The highest BCUT2D eigenvalue weighted by atomic mass is 35.5. The Labute approximate surface area is 161 Å². The highest BCUT2D eigenvalue weighted by Crippen LogP contribution is 2.08. The molecule has 0 radical (unpaired) electrons. The number of benzene rings is 2. The van der Waals surface area contributed by atoms with Gasteiger partial charge in [0.1, 0.15) is 6.61 Å². The lowest BCUT2D eigenvalue weighted by Gasteiger charge is -2.34. The maximum atomic E-state index is 5.86. The Morgan fingerprint density at radius 1 is 0.885 bits per heavy atom. The summed E-state index contributed by atoms with van der Waals surface area (Å²) in [6, 6.07) is 18.2. The third kappa shape index (κ3) is 6.45. The molecule has 1 aliphatic rings. The van der Waals surface area contributed by atoms with Crippen molar-refractivity contribution >= 4 is 17.8 Å². The highest BCUT2D eigenvalue weighted by Gasteiger charge is 2.16. The van der Waals surface area contributed by atoms with E-state index in [1.54, 1.807) is 6.21 Å². The van der Waals surface area contributed by atoms with Crippen molar-refractivity contribution in [3.05, 3.63) is 70.7 Å². The molecular formula is C21H26ClN3O. The summed E-state index contributed by atoms with van der Waals surface area (Å²) in [7, 11) is 0. The minimum Gasteiger partial charge on any atom is -0.394 e. The number of hydrogen-bond donors (Lipinski definition) is 0. The number of piperazine rings is 1. The Morgan fingerprint density at radius 3 is 2.23 bits per heavy atom. The van der Waals surface area contributed by atoms with Gasteiger partial charge >= 0.3 is 0 Å². The first-order valence-corrected chi connectivity index (χ1v) is 9.57. The molecule has 1 fully saturated rings. The zero-order valence-corrected chi connectivity index (χ0v) is 15.8. The lowest BCUT2D eigenvalue weighted by Crippen LogP contribution is -2.47. The molecule has 2 aromatic rings. The second kappa shape index (κ2) is 10.3. The van der Waals surface area contributed by atoms with Gasteiger partial charge in [0.25, 0.3) is 0 Å². The Balaban J connectivity index is 1.27. The predicted molar refractivity (Wildman–Crippen MR) is 108 cm³/mol. The Morgan fingerprint density at radius 2 is 1.54 bits per heavy atom.